The minimum absolute atomic E-state index is 0.0232. The Labute approximate surface area is 90.2 Å². The maximum absolute atomic E-state index is 11.5. The topological polar surface area (TPSA) is 29.5 Å². The molecule has 0 aliphatic carbocycles. The summed E-state index contributed by atoms with van der Waals surface area (Å²) in [5.41, 5.74) is 0. The number of hydrogen-bond donors (Lipinski definition) is 0. The van der Waals surface area contributed by atoms with Crippen LogP contribution in [0.4, 0.5) is 4.79 Å². The molecule has 1 saturated heterocycles. The van der Waals surface area contributed by atoms with Crippen LogP contribution in [-0.4, -0.2) is 41.7 Å². The number of likely N-dealkylation sites (tertiary alicyclic amines) is 1. The fourth-order valence-electron chi connectivity index (χ4n) is 1.29. The highest BCUT2D eigenvalue weighted by molar-refractivity contribution is 7.99. The first-order chi connectivity index (χ1) is 6.55. The van der Waals surface area contributed by atoms with E-state index in [0.29, 0.717) is 6.61 Å². The van der Waals surface area contributed by atoms with Crippen molar-refractivity contribution in [2.45, 2.75) is 31.4 Å². The van der Waals surface area contributed by atoms with Crippen molar-refractivity contribution < 1.29 is 9.53 Å². The molecule has 82 valence electrons. The van der Waals surface area contributed by atoms with Crippen molar-refractivity contribution in [2.75, 3.05) is 26.0 Å². The van der Waals surface area contributed by atoms with Crippen molar-refractivity contribution >= 4 is 17.9 Å². The predicted molar refractivity (Wildman–Crippen MR) is 59.7 cm³/mol. The lowest BCUT2D eigenvalue weighted by Gasteiger charge is -2.23. The van der Waals surface area contributed by atoms with Gasteiger partial charge in [0.15, 0.2) is 0 Å². The summed E-state index contributed by atoms with van der Waals surface area (Å²) in [6.07, 6.45) is 4.11. The second-order valence-electron chi connectivity index (χ2n) is 4.21. The molecule has 14 heavy (non-hydrogen) atoms. The van der Waals surface area contributed by atoms with Crippen LogP contribution in [0, 0.1) is 0 Å². The molecule has 0 N–H and O–H groups in total. The Hall–Kier alpha value is -0.380. The molecule has 0 bridgehead atoms. The quantitative estimate of drug-likeness (QED) is 0.727. The van der Waals surface area contributed by atoms with E-state index in [4.69, 9.17) is 4.74 Å². The average Bonchev–Trinajstić information content (AvgIpc) is 2.67. The Morgan fingerprint density at radius 1 is 1.43 bits per heavy atom. The number of amides is 1. The predicted octanol–water partition coefficient (Wildman–Crippen LogP) is 2.36. The third kappa shape index (κ3) is 3.40. The summed E-state index contributed by atoms with van der Waals surface area (Å²) in [5.74, 6) is 0. The van der Waals surface area contributed by atoms with Gasteiger partial charge in [-0.15, -0.1) is 0 Å². The minimum atomic E-state index is -0.148. The van der Waals surface area contributed by atoms with Crippen molar-refractivity contribution in [1.82, 2.24) is 4.90 Å². The van der Waals surface area contributed by atoms with Crippen LogP contribution in [0.15, 0.2) is 0 Å². The molecular weight excluding hydrogens is 198 g/mol. The van der Waals surface area contributed by atoms with Gasteiger partial charge in [0.05, 0.1) is 0 Å². The summed E-state index contributed by atoms with van der Waals surface area (Å²) in [7, 11) is 0. The number of carbonyl (C=O) groups is 1. The third-order valence-electron chi connectivity index (χ3n) is 2.46. The Kier molecular flexibility index (Phi) is 4.11. The first-order valence-corrected chi connectivity index (χ1v) is 6.24. The van der Waals surface area contributed by atoms with E-state index in [0.717, 1.165) is 25.9 Å². The van der Waals surface area contributed by atoms with Gasteiger partial charge in [-0.2, -0.15) is 11.8 Å². The Balaban J connectivity index is 2.27. The number of nitrogens with zero attached hydrogens (tertiary/aromatic N) is 1. The Morgan fingerprint density at radius 2 is 2.00 bits per heavy atom. The van der Waals surface area contributed by atoms with Crippen LogP contribution in [0.1, 0.15) is 26.7 Å². The van der Waals surface area contributed by atoms with Gasteiger partial charge in [-0.1, -0.05) is 0 Å². The number of carbonyl (C=O) groups excluding carboxylic acids is 1. The Bertz CT molecular complexity index is 200. The molecule has 0 aromatic rings. The van der Waals surface area contributed by atoms with Crippen LogP contribution in [0.5, 0.6) is 0 Å². The van der Waals surface area contributed by atoms with Crippen molar-refractivity contribution in [3.05, 3.63) is 0 Å². The fraction of sp³-hybridized carbons (Fsp3) is 0.900. The second-order valence-corrected chi connectivity index (χ2v) is 5.73. The fourth-order valence-corrected chi connectivity index (χ4v) is 1.46. The van der Waals surface area contributed by atoms with Crippen LogP contribution in [-0.2, 0) is 4.74 Å². The molecule has 0 radical (unpaired) electrons. The van der Waals surface area contributed by atoms with E-state index in [2.05, 4.69) is 13.8 Å². The van der Waals surface area contributed by atoms with Gasteiger partial charge in [0, 0.05) is 17.8 Å². The highest BCUT2D eigenvalue weighted by Gasteiger charge is 2.23. The van der Waals surface area contributed by atoms with Gasteiger partial charge in [0.1, 0.15) is 6.61 Å². The molecule has 1 rings (SSSR count). The summed E-state index contributed by atoms with van der Waals surface area (Å²) < 4.78 is 5.27. The first kappa shape index (κ1) is 11.7. The van der Waals surface area contributed by atoms with Crippen molar-refractivity contribution in [3.8, 4) is 0 Å². The zero-order valence-corrected chi connectivity index (χ0v) is 10.0. The molecule has 3 nitrogen and oxygen atoms in total. The molecule has 0 unspecified atom stereocenters. The van der Waals surface area contributed by atoms with Gasteiger partial charge in [-0.05, 0) is 32.9 Å². The summed E-state index contributed by atoms with van der Waals surface area (Å²) in [6, 6.07) is 0. The molecule has 1 aliphatic heterocycles. The van der Waals surface area contributed by atoms with Gasteiger partial charge in [0.2, 0.25) is 0 Å². The smallest absolute Gasteiger partial charge is 0.409 e. The number of hydrogen-bond acceptors (Lipinski definition) is 3. The molecule has 1 aliphatic rings. The van der Waals surface area contributed by atoms with E-state index in [1.165, 1.54) is 0 Å². The number of rotatable bonds is 3. The van der Waals surface area contributed by atoms with Gasteiger partial charge in [-0.25, -0.2) is 4.79 Å². The average molecular weight is 217 g/mol. The number of thioether (sulfide) groups is 1. The standard InChI is InChI=1S/C10H19NO2S/c1-10(2,14-3)8-13-9(12)11-6-4-5-7-11/h4-8H2,1-3H3. The normalized spacial score (nSPS) is 17.2. The van der Waals surface area contributed by atoms with E-state index < -0.39 is 0 Å². The maximum Gasteiger partial charge on any atom is 0.409 e. The van der Waals surface area contributed by atoms with E-state index in [1.807, 2.05) is 6.26 Å². The molecule has 0 atom stereocenters. The third-order valence-corrected chi connectivity index (χ3v) is 3.68. The molecule has 0 spiro atoms. The monoisotopic (exact) mass is 217 g/mol. The zero-order valence-electron chi connectivity index (χ0n) is 9.21. The minimum Gasteiger partial charge on any atom is -0.448 e. The zero-order chi connectivity index (χ0) is 10.6. The lowest BCUT2D eigenvalue weighted by molar-refractivity contribution is 0.104. The van der Waals surface area contributed by atoms with E-state index in [9.17, 15) is 4.79 Å². The largest absolute Gasteiger partial charge is 0.448 e. The summed E-state index contributed by atoms with van der Waals surface area (Å²) in [6.45, 7) is 6.37. The van der Waals surface area contributed by atoms with Crippen LogP contribution in [0.2, 0.25) is 0 Å². The van der Waals surface area contributed by atoms with Crippen molar-refractivity contribution in [2.24, 2.45) is 0 Å². The molecular formula is C10H19NO2S. The molecule has 4 heteroatoms. The van der Waals surface area contributed by atoms with Crippen LogP contribution in [0.3, 0.4) is 0 Å². The molecule has 1 heterocycles. The van der Waals surface area contributed by atoms with Gasteiger partial charge < -0.3 is 9.64 Å². The van der Waals surface area contributed by atoms with Crippen LogP contribution in [0.25, 0.3) is 0 Å². The maximum atomic E-state index is 11.5. The van der Waals surface area contributed by atoms with Gasteiger partial charge in [-0.3, -0.25) is 0 Å². The van der Waals surface area contributed by atoms with Crippen molar-refractivity contribution in [3.63, 3.8) is 0 Å². The molecule has 1 amide bonds. The molecule has 0 aromatic carbocycles. The lowest BCUT2D eigenvalue weighted by Crippen LogP contribution is -2.32. The molecule has 0 saturated carbocycles. The molecule has 1 fully saturated rings. The van der Waals surface area contributed by atoms with Crippen LogP contribution >= 0.6 is 11.8 Å². The van der Waals surface area contributed by atoms with E-state index in [1.54, 1.807) is 16.7 Å². The van der Waals surface area contributed by atoms with E-state index >= 15 is 0 Å². The Morgan fingerprint density at radius 3 is 2.50 bits per heavy atom. The van der Waals surface area contributed by atoms with Crippen molar-refractivity contribution in [1.29, 1.82) is 0 Å². The highest BCUT2D eigenvalue weighted by atomic mass is 32.2. The number of ether oxygens (including phenoxy) is 1. The van der Waals surface area contributed by atoms with Gasteiger partial charge >= 0.3 is 6.09 Å². The summed E-state index contributed by atoms with van der Waals surface area (Å²) in [4.78, 5) is 13.3. The lowest BCUT2D eigenvalue weighted by atomic mass is 10.2. The summed E-state index contributed by atoms with van der Waals surface area (Å²) in [5, 5.41) is 0. The molecule has 0 aromatic heterocycles. The highest BCUT2D eigenvalue weighted by Crippen LogP contribution is 2.21. The summed E-state index contributed by atoms with van der Waals surface area (Å²) >= 11 is 1.72. The van der Waals surface area contributed by atoms with Gasteiger partial charge in [0.25, 0.3) is 0 Å². The first-order valence-electron chi connectivity index (χ1n) is 5.02. The van der Waals surface area contributed by atoms with E-state index in [-0.39, 0.29) is 10.8 Å². The van der Waals surface area contributed by atoms with Crippen LogP contribution < -0.4 is 0 Å². The second kappa shape index (κ2) is 4.91. The SMILES string of the molecule is CSC(C)(C)COC(=O)N1CCCC1.